The summed E-state index contributed by atoms with van der Waals surface area (Å²) in [5.41, 5.74) is 7.22. The molecule has 1 aromatic heterocycles. The summed E-state index contributed by atoms with van der Waals surface area (Å²) in [5.74, 6) is -0.119. The van der Waals surface area contributed by atoms with E-state index in [9.17, 15) is 4.79 Å². The van der Waals surface area contributed by atoms with E-state index in [0.29, 0.717) is 5.69 Å². The van der Waals surface area contributed by atoms with Gasteiger partial charge in [0.1, 0.15) is 6.33 Å². The number of nitrogens with zero attached hydrogens (tertiary/aromatic N) is 4. The standard InChI is InChI=1S/C12H16N6O.ClH/c1-8(2)11(13)12(19)15-9-4-3-5-10(6-9)18-7-14-16-17-18;/h3-8,11H,13H2,1-2H3,(H,15,19);1H. The zero-order chi connectivity index (χ0) is 13.8. The van der Waals surface area contributed by atoms with E-state index in [2.05, 4.69) is 20.8 Å². The maximum absolute atomic E-state index is 11.9. The molecule has 1 amide bonds. The van der Waals surface area contributed by atoms with Gasteiger partial charge in [-0.3, -0.25) is 4.79 Å². The first kappa shape index (κ1) is 16.1. The molecule has 1 heterocycles. The summed E-state index contributed by atoms with van der Waals surface area (Å²) in [6, 6.07) is 6.69. The van der Waals surface area contributed by atoms with Crippen LogP contribution in [0.15, 0.2) is 30.6 Å². The molecule has 2 rings (SSSR count). The van der Waals surface area contributed by atoms with Gasteiger partial charge in [-0.15, -0.1) is 17.5 Å². The molecule has 7 nitrogen and oxygen atoms in total. The summed E-state index contributed by atoms with van der Waals surface area (Å²) in [4.78, 5) is 11.9. The van der Waals surface area contributed by atoms with Crippen molar-refractivity contribution < 1.29 is 4.79 Å². The largest absolute Gasteiger partial charge is 0.325 e. The van der Waals surface area contributed by atoms with Crippen molar-refractivity contribution >= 4 is 24.0 Å². The molecular weight excluding hydrogens is 280 g/mol. The Hall–Kier alpha value is -1.99. The number of aromatic nitrogens is 4. The third-order valence-electron chi connectivity index (χ3n) is 2.75. The first-order valence-electron chi connectivity index (χ1n) is 5.98. The Labute approximate surface area is 123 Å². The molecule has 0 aliphatic heterocycles. The summed E-state index contributed by atoms with van der Waals surface area (Å²) in [5, 5.41) is 13.7. The molecule has 8 heteroatoms. The molecule has 0 aliphatic rings. The lowest BCUT2D eigenvalue weighted by Crippen LogP contribution is -2.39. The van der Waals surface area contributed by atoms with Gasteiger partial charge in [-0.2, -0.15) is 0 Å². The van der Waals surface area contributed by atoms with Gasteiger partial charge in [0, 0.05) is 5.69 Å². The number of tetrazole rings is 1. The van der Waals surface area contributed by atoms with Crippen LogP contribution in [0.2, 0.25) is 0 Å². The van der Waals surface area contributed by atoms with E-state index in [1.165, 1.54) is 11.0 Å². The van der Waals surface area contributed by atoms with Crippen molar-refractivity contribution in [2.45, 2.75) is 19.9 Å². The molecule has 0 bridgehead atoms. The molecule has 108 valence electrons. The molecule has 0 spiro atoms. The number of anilines is 1. The van der Waals surface area contributed by atoms with Crippen LogP contribution in [0.1, 0.15) is 13.8 Å². The first-order chi connectivity index (χ1) is 9.08. The second kappa shape index (κ2) is 6.97. The van der Waals surface area contributed by atoms with Crippen LogP contribution in [0.5, 0.6) is 0 Å². The van der Waals surface area contributed by atoms with E-state index in [-0.39, 0.29) is 24.2 Å². The van der Waals surface area contributed by atoms with Crippen LogP contribution in [0.4, 0.5) is 5.69 Å². The lowest BCUT2D eigenvalue weighted by Gasteiger charge is -2.15. The number of rotatable bonds is 4. The van der Waals surface area contributed by atoms with Gasteiger partial charge in [-0.1, -0.05) is 19.9 Å². The molecule has 3 N–H and O–H groups in total. The van der Waals surface area contributed by atoms with Crippen molar-refractivity contribution in [3.05, 3.63) is 30.6 Å². The quantitative estimate of drug-likeness (QED) is 0.877. The van der Waals surface area contributed by atoms with Crippen molar-refractivity contribution in [1.82, 2.24) is 20.2 Å². The van der Waals surface area contributed by atoms with Crippen LogP contribution < -0.4 is 11.1 Å². The molecular formula is C12H17ClN6O. The lowest BCUT2D eigenvalue weighted by atomic mass is 10.0. The predicted molar refractivity (Wildman–Crippen MR) is 77.8 cm³/mol. The van der Waals surface area contributed by atoms with Gasteiger partial charge in [-0.25, -0.2) is 4.68 Å². The van der Waals surface area contributed by atoms with Gasteiger partial charge >= 0.3 is 0 Å². The van der Waals surface area contributed by atoms with Gasteiger partial charge in [0.15, 0.2) is 0 Å². The minimum absolute atomic E-state index is 0. The number of hydrogen-bond donors (Lipinski definition) is 2. The molecule has 1 aromatic carbocycles. The minimum atomic E-state index is -0.531. The smallest absolute Gasteiger partial charge is 0.241 e. The Morgan fingerprint density at radius 2 is 2.15 bits per heavy atom. The van der Waals surface area contributed by atoms with Gasteiger partial charge in [-0.05, 0) is 34.5 Å². The molecule has 0 aliphatic carbocycles. The van der Waals surface area contributed by atoms with Gasteiger partial charge in [0.05, 0.1) is 11.7 Å². The highest BCUT2D eigenvalue weighted by Crippen LogP contribution is 2.14. The maximum Gasteiger partial charge on any atom is 0.241 e. The van der Waals surface area contributed by atoms with E-state index in [1.807, 2.05) is 26.0 Å². The fourth-order valence-corrected chi connectivity index (χ4v) is 1.53. The third kappa shape index (κ3) is 3.75. The molecule has 0 saturated heterocycles. The summed E-state index contributed by atoms with van der Waals surface area (Å²) >= 11 is 0. The van der Waals surface area contributed by atoms with E-state index < -0.39 is 6.04 Å². The van der Waals surface area contributed by atoms with Gasteiger partial charge in [0.25, 0.3) is 0 Å². The lowest BCUT2D eigenvalue weighted by molar-refractivity contribution is -0.118. The highest BCUT2D eigenvalue weighted by Gasteiger charge is 2.17. The number of carbonyl (C=O) groups is 1. The van der Waals surface area contributed by atoms with Crippen LogP contribution in [0.3, 0.4) is 0 Å². The SMILES string of the molecule is CC(C)C(N)C(=O)Nc1cccc(-n2cnnn2)c1.Cl. The predicted octanol–water partition coefficient (Wildman–Crippen LogP) is 1.01. The van der Waals surface area contributed by atoms with Crippen LogP contribution in [-0.4, -0.2) is 32.2 Å². The Morgan fingerprint density at radius 3 is 2.75 bits per heavy atom. The normalized spacial score (nSPS) is 11.8. The molecule has 2 aromatic rings. The highest BCUT2D eigenvalue weighted by atomic mass is 35.5. The van der Waals surface area contributed by atoms with E-state index in [4.69, 9.17) is 5.73 Å². The topological polar surface area (TPSA) is 98.7 Å². The number of carbonyl (C=O) groups excluding carboxylic acids is 1. The van der Waals surface area contributed by atoms with Crippen molar-refractivity contribution in [1.29, 1.82) is 0 Å². The van der Waals surface area contributed by atoms with Crippen LogP contribution in [0.25, 0.3) is 5.69 Å². The van der Waals surface area contributed by atoms with E-state index in [1.54, 1.807) is 12.1 Å². The van der Waals surface area contributed by atoms with Crippen LogP contribution in [-0.2, 0) is 4.79 Å². The van der Waals surface area contributed by atoms with E-state index in [0.717, 1.165) is 5.69 Å². The van der Waals surface area contributed by atoms with Crippen molar-refractivity contribution in [2.24, 2.45) is 11.7 Å². The fourth-order valence-electron chi connectivity index (χ4n) is 1.53. The summed E-state index contributed by atoms with van der Waals surface area (Å²) in [6.07, 6.45) is 1.49. The average Bonchev–Trinajstić information content (AvgIpc) is 2.91. The number of benzene rings is 1. The second-order valence-corrected chi connectivity index (χ2v) is 4.56. The number of nitrogens with two attached hydrogens (primary N) is 1. The van der Waals surface area contributed by atoms with Crippen molar-refractivity contribution in [2.75, 3.05) is 5.32 Å². The van der Waals surface area contributed by atoms with Gasteiger partial charge < -0.3 is 11.1 Å². The summed E-state index contributed by atoms with van der Waals surface area (Å²) in [6.45, 7) is 3.81. The Morgan fingerprint density at radius 1 is 1.40 bits per heavy atom. The molecule has 1 unspecified atom stereocenters. The Kier molecular flexibility index (Phi) is 5.60. The molecule has 1 atom stereocenters. The summed E-state index contributed by atoms with van der Waals surface area (Å²) < 4.78 is 1.51. The number of nitrogens with one attached hydrogen (secondary N) is 1. The Bertz CT molecular complexity index is 557. The zero-order valence-electron chi connectivity index (χ0n) is 11.2. The Balaban J connectivity index is 0.00000200. The summed E-state index contributed by atoms with van der Waals surface area (Å²) in [7, 11) is 0. The zero-order valence-corrected chi connectivity index (χ0v) is 12.0. The van der Waals surface area contributed by atoms with Crippen LogP contribution in [0, 0.1) is 5.92 Å². The molecule has 0 fully saturated rings. The minimum Gasteiger partial charge on any atom is -0.325 e. The molecule has 20 heavy (non-hydrogen) atoms. The van der Waals surface area contributed by atoms with Crippen molar-refractivity contribution in [3.63, 3.8) is 0 Å². The molecule has 0 radical (unpaired) electrons. The number of halogens is 1. The first-order valence-corrected chi connectivity index (χ1v) is 5.98. The van der Waals surface area contributed by atoms with E-state index >= 15 is 0 Å². The average molecular weight is 297 g/mol. The van der Waals surface area contributed by atoms with Crippen LogP contribution >= 0.6 is 12.4 Å². The fraction of sp³-hybridized carbons (Fsp3) is 0.333. The number of hydrogen-bond acceptors (Lipinski definition) is 5. The third-order valence-corrected chi connectivity index (χ3v) is 2.75. The monoisotopic (exact) mass is 296 g/mol. The van der Waals surface area contributed by atoms with Crippen molar-refractivity contribution in [3.8, 4) is 5.69 Å². The highest BCUT2D eigenvalue weighted by molar-refractivity contribution is 5.95. The van der Waals surface area contributed by atoms with Gasteiger partial charge in [0.2, 0.25) is 5.91 Å². The molecule has 0 saturated carbocycles. The second-order valence-electron chi connectivity index (χ2n) is 4.56. The number of amides is 1. The maximum atomic E-state index is 11.9.